The highest BCUT2D eigenvalue weighted by Gasteiger charge is 2.20. The molecule has 0 amide bonds. The van der Waals surface area contributed by atoms with Gasteiger partial charge in [0.2, 0.25) is 0 Å². The molecule has 0 aliphatic heterocycles. The smallest absolute Gasteiger partial charge is 0.158 e. The van der Waals surface area contributed by atoms with Crippen molar-refractivity contribution in [1.82, 2.24) is 0 Å². The van der Waals surface area contributed by atoms with Crippen molar-refractivity contribution in [2.75, 3.05) is 11.9 Å². The van der Waals surface area contributed by atoms with Crippen LogP contribution in [0.25, 0.3) is 0 Å². The van der Waals surface area contributed by atoms with Crippen molar-refractivity contribution >= 4 is 35.0 Å². The first kappa shape index (κ1) is 18.6. The highest BCUT2D eigenvalue weighted by Crippen LogP contribution is 2.36. The van der Waals surface area contributed by atoms with Gasteiger partial charge in [0.05, 0.1) is 0 Å². The Kier molecular flexibility index (Phi) is 7.23. The van der Waals surface area contributed by atoms with Crippen LogP contribution in [0.15, 0.2) is 101 Å². The molecule has 0 atom stereocenters. The zero-order chi connectivity index (χ0) is 18.0. The number of benzene rings is 3. The fraction of sp³-hybridized carbons (Fsp3) is 0.136. The zero-order valence-electron chi connectivity index (χ0n) is 14.4. The maximum atomic E-state index is 12.9. The summed E-state index contributed by atoms with van der Waals surface area (Å²) in [5.74, 6) is 0.246. The van der Waals surface area contributed by atoms with Crippen molar-refractivity contribution in [3.05, 3.63) is 91.0 Å². The maximum Gasteiger partial charge on any atom is 0.158 e. The van der Waals surface area contributed by atoms with E-state index < -0.39 is 0 Å². The molecule has 3 aromatic rings. The minimum Gasteiger partial charge on any atom is -0.385 e. The average Bonchev–Trinajstić information content (AvgIpc) is 2.70. The third-order valence-electron chi connectivity index (χ3n) is 3.71. The van der Waals surface area contributed by atoms with Gasteiger partial charge in [-0.15, -0.1) is 23.5 Å². The molecule has 0 fully saturated rings. The molecule has 0 saturated heterocycles. The Balaban J connectivity index is 1.62. The number of ketones is 1. The SMILES string of the molecule is O=C(CCNc1ccccc1)C(Sc1ccccc1)Sc1ccccc1. The molecule has 0 aliphatic carbocycles. The summed E-state index contributed by atoms with van der Waals surface area (Å²) in [6, 6.07) is 30.2. The number of carbonyl (C=O) groups excluding carboxylic acids is 1. The van der Waals surface area contributed by atoms with Gasteiger partial charge >= 0.3 is 0 Å². The summed E-state index contributed by atoms with van der Waals surface area (Å²) in [6.07, 6.45) is 0.499. The van der Waals surface area contributed by atoms with E-state index >= 15 is 0 Å². The molecule has 26 heavy (non-hydrogen) atoms. The lowest BCUT2D eigenvalue weighted by molar-refractivity contribution is -0.116. The molecular weight excluding hydrogens is 358 g/mol. The molecule has 132 valence electrons. The quantitative estimate of drug-likeness (QED) is 0.366. The second kappa shape index (κ2) is 10.1. The van der Waals surface area contributed by atoms with Gasteiger partial charge in [0.15, 0.2) is 5.78 Å². The number of thioether (sulfide) groups is 2. The average molecular weight is 380 g/mol. The molecule has 0 aromatic heterocycles. The summed E-state index contributed by atoms with van der Waals surface area (Å²) in [5, 5.41) is 3.32. The Bertz CT molecular complexity index is 753. The standard InChI is InChI=1S/C22H21NOS2/c24-21(16-17-23-18-10-4-1-5-11-18)22(25-19-12-6-2-7-13-19)26-20-14-8-3-9-15-20/h1-15,22-23H,16-17H2. The van der Waals surface area contributed by atoms with Crippen molar-refractivity contribution in [1.29, 1.82) is 0 Å². The van der Waals surface area contributed by atoms with Crippen LogP contribution in [0.5, 0.6) is 0 Å². The molecule has 0 spiro atoms. The third-order valence-corrected chi connectivity index (χ3v) is 6.33. The predicted octanol–water partition coefficient (Wildman–Crippen LogP) is 5.97. The first-order valence-corrected chi connectivity index (χ1v) is 10.3. The first-order valence-electron chi connectivity index (χ1n) is 8.56. The van der Waals surface area contributed by atoms with Gasteiger partial charge in [0.25, 0.3) is 0 Å². The minimum absolute atomic E-state index is 0.155. The fourth-order valence-corrected chi connectivity index (χ4v) is 4.89. The molecule has 0 saturated carbocycles. The van der Waals surface area contributed by atoms with Crippen LogP contribution in [0.1, 0.15) is 6.42 Å². The first-order chi connectivity index (χ1) is 12.8. The lowest BCUT2D eigenvalue weighted by atomic mass is 10.3. The predicted molar refractivity (Wildman–Crippen MR) is 113 cm³/mol. The lowest BCUT2D eigenvalue weighted by Crippen LogP contribution is -2.17. The molecule has 4 heteroatoms. The van der Waals surface area contributed by atoms with Crippen LogP contribution < -0.4 is 5.32 Å². The summed E-state index contributed by atoms with van der Waals surface area (Å²) in [7, 11) is 0. The fourth-order valence-electron chi connectivity index (χ4n) is 2.40. The Morgan fingerprint density at radius 3 is 1.69 bits per heavy atom. The van der Waals surface area contributed by atoms with Gasteiger partial charge in [0.1, 0.15) is 4.58 Å². The van der Waals surface area contributed by atoms with Crippen LogP contribution in [0, 0.1) is 0 Å². The Labute approximate surface area is 163 Å². The summed E-state index contributed by atoms with van der Waals surface area (Å²) < 4.78 is -0.155. The molecule has 3 rings (SSSR count). The second-order valence-corrected chi connectivity index (χ2v) is 8.36. The van der Waals surface area contributed by atoms with Crippen molar-refractivity contribution in [3.8, 4) is 0 Å². The molecule has 0 heterocycles. The van der Waals surface area contributed by atoms with E-state index in [0.717, 1.165) is 15.5 Å². The number of carbonyl (C=O) groups is 1. The molecule has 3 aromatic carbocycles. The van der Waals surface area contributed by atoms with Crippen LogP contribution in [-0.2, 0) is 4.79 Å². The number of nitrogens with one attached hydrogen (secondary N) is 1. The van der Waals surface area contributed by atoms with E-state index in [4.69, 9.17) is 0 Å². The normalized spacial score (nSPS) is 10.7. The van der Waals surface area contributed by atoms with E-state index in [1.165, 1.54) is 0 Å². The molecule has 2 nitrogen and oxygen atoms in total. The van der Waals surface area contributed by atoms with Crippen molar-refractivity contribution in [2.24, 2.45) is 0 Å². The van der Waals surface area contributed by atoms with E-state index in [-0.39, 0.29) is 10.4 Å². The number of para-hydroxylation sites is 1. The van der Waals surface area contributed by atoms with Gasteiger partial charge in [-0.1, -0.05) is 54.6 Å². The van der Waals surface area contributed by atoms with Crippen LogP contribution in [-0.4, -0.2) is 16.9 Å². The van der Waals surface area contributed by atoms with Crippen molar-refractivity contribution in [2.45, 2.75) is 20.8 Å². The highest BCUT2D eigenvalue weighted by molar-refractivity contribution is 8.18. The van der Waals surface area contributed by atoms with Gasteiger partial charge in [-0.2, -0.15) is 0 Å². The second-order valence-electron chi connectivity index (χ2n) is 5.70. The lowest BCUT2D eigenvalue weighted by Gasteiger charge is -2.16. The van der Waals surface area contributed by atoms with E-state index in [0.29, 0.717) is 13.0 Å². The number of hydrogen-bond acceptors (Lipinski definition) is 4. The molecule has 1 N–H and O–H groups in total. The van der Waals surface area contributed by atoms with Gasteiger partial charge in [-0.3, -0.25) is 4.79 Å². The van der Waals surface area contributed by atoms with Gasteiger partial charge in [-0.25, -0.2) is 0 Å². The minimum atomic E-state index is -0.155. The van der Waals surface area contributed by atoms with E-state index in [2.05, 4.69) is 29.6 Å². The number of anilines is 1. The van der Waals surface area contributed by atoms with Crippen LogP contribution in [0.3, 0.4) is 0 Å². The van der Waals surface area contributed by atoms with Crippen LogP contribution >= 0.6 is 23.5 Å². The Hall–Kier alpha value is -2.17. The molecule has 0 unspecified atom stereocenters. The van der Waals surface area contributed by atoms with Crippen molar-refractivity contribution in [3.63, 3.8) is 0 Å². The topological polar surface area (TPSA) is 29.1 Å². The Morgan fingerprint density at radius 2 is 1.19 bits per heavy atom. The molecule has 0 aliphatic rings. The van der Waals surface area contributed by atoms with E-state index in [1.807, 2.05) is 66.7 Å². The van der Waals surface area contributed by atoms with Gasteiger partial charge < -0.3 is 5.32 Å². The summed E-state index contributed by atoms with van der Waals surface area (Å²) >= 11 is 3.25. The van der Waals surface area contributed by atoms with E-state index in [9.17, 15) is 4.79 Å². The third kappa shape index (κ3) is 5.97. The van der Waals surface area contributed by atoms with Gasteiger partial charge in [0, 0.05) is 28.4 Å². The zero-order valence-corrected chi connectivity index (χ0v) is 16.0. The molecular formula is C22H21NOS2. The van der Waals surface area contributed by atoms with Crippen LogP contribution in [0.4, 0.5) is 5.69 Å². The Morgan fingerprint density at radius 1 is 0.731 bits per heavy atom. The molecule has 0 radical (unpaired) electrons. The van der Waals surface area contributed by atoms with E-state index in [1.54, 1.807) is 23.5 Å². The monoisotopic (exact) mass is 379 g/mol. The highest BCUT2D eigenvalue weighted by atomic mass is 32.2. The maximum absolute atomic E-state index is 12.9. The summed E-state index contributed by atoms with van der Waals surface area (Å²) in [6.45, 7) is 0.643. The van der Waals surface area contributed by atoms with Crippen molar-refractivity contribution < 1.29 is 4.79 Å². The number of Topliss-reactive ketones (excluding diaryl/α,β-unsaturated/α-hetero) is 1. The largest absolute Gasteiger partial charge is 0.385 e. The van der Waals surface area contributed by atoms with Gasteiger partial charge in [-0.05, 0) is 36.4 Å². The number of rotatable bonds is 9. The summed E-state index contributed by atoms with van der Waals surface area (Å²) in [4.78, 5) is 15.1. The summed E-state index contributed by atoms with van der Waals surface area (Å²) in [5.41, 5.74) is 1.04. The molecule has 0 bridgehead atoms. The van der Waals surface area contributed by atoms with Crippen LogP contribution in [0.2, 0.25) is 0 Å². The number of hydrogen-bond donors (Lipinski definition) is 1.